The van der Waals surface area contributed by atoms with Crippen LogP contribution in [0.4, 0.5) is 5.82 Å². The van der Waals surface area contributed by atoms with Gasteiger partial charge in [0, 0.05) is 23.8 Å². The molecule has 2 heterocycles. The molecule has 1 aromatic heterocycles. The summed E-state index contributed by atoms with van der Waals surface area (Å²) in [6, 6.07) is 3.14. The van der Waals surface area contributed by atoms with E-state index in [1.165, 1.54) is 0 Å². The third kappa shape index (κ3) is 2.92. The number of hydrogen-bond acceptors (Lipinski definition) is 4. The molecule has 0 aliphatic carbocycles. The molecular weight excluding hydrogens is 200 g/mol. The van der Waals surface area contributed by atoms with Crippen LogP contribution in [0, 0.1) is 13.8 Å². The SMILES string of the molecule is Cc1cc(NC2CCNC(C)C2)nc(C)n1. The summed E-state index contributed by atoms with van der Waals surface area (Å²) in [4.78, 5) is 8.69. The maximum atomic E-state index is 4.41. The smallest absolute Gasteiger partial charge is 0.130 e. The molecule has 1 aliphatic heterocycles. The highest BCUT2D eigenvalue weighted by atomic mass is 15.1. The van der Waals surface area contributed by atoms with Crippen LogP contribution in [0.2, 0.25) is 0 Å². The van der Waals surface area contributed by atoms with Crippen molar-refractivity contribution in [1.29, 1.82) is 0 Å². The first-order valence-electron chi connectivity index (χ1n) is 5.95. The van der Waals surface area contributed by atoms with E-state index in [4.69, 9.17) is 0 Å². The highest BCUT2D eigenvalue weighted by Crippen LogP contribution is 2.14. The summed E-state index contributed by atoms with van der Waals surface area (Å²) >= 11 is 0. The van der Waals surface area contributed by atoms with Gasteiger partial charge in [0.1, 0.15) is 11.6 Å². The van der Waals surface area contributed by atoms with Crippen LogP contribution in [-0.4, -0.2) is 28.6 Å². The predicted octanol–water partition coefficient (Wildman–Crippen LogP) is 1.65. The van der Waals surface area contributed by atoms with Crippen LogP contribution < -0.4 is 10.6 Å². The number of aromatic nitrogens is 2. The lowest BCUT2D eigenvalue weighted by Crippen LogP contribution is -2.41. The minimum Gasteiger partial charge on any atom is -0.367 e. The molecule has 0 spiro atoms. The summed E-state index contributed by atoms with van der Waals surface area (Å²) in [5.41, 5.74) is 1.02. The Bertz CT molecular complexity index is 344. The number of hydrogen-bond donors (Lipinski definition) is 2. The summed E-state index contributed by atoms with van der Waals surface area (Å²) in [5.74, 6) is 1.80. The third-order valence-electron chi connectivity index (χ3n) is 2.94. The van der Waals surface area contributed by atoms with Gasteiger partial charge in [0.2, 0.25) is 0 Å². The molecule has 88 valence electrons. The first kappa shape index (κ1) is 11.3. The van der Waals surface area contributed by atoms with Crippen LogP contribution in [0.5, 0.6) is 0 Å². The molecule has 2 atom stereocenters. The average Bonchev–Trinajstić information content (AvgIpc) is 2.15. The van der Waals surface area contributed by atoms with Crippen molar-refractivity contribution in [3.63, 3.8) is 0 Å². The van der Waals surface area contributed by atoms with Gasteiger partial charge >= 0.3 is 0 Å². The minimum atomic E-state index is 0.532. The van der Waals surface area contributed by atoms with Crippen LogP contribution in [0.25, 0.3) is 0 Å². The van der Waals surface area contributed by atoms with Crippen LogP contribution in [0.1, 0.15) is 31.3 Å². The van der Waals surface area contributed by atoms with Crippen molar-refractivity contribution in [3.05, 3.63) is 17.6 Å². The molecule has 4 nitrogen and oxygen atoms in total. The molecule has 0 radical (unpaired) electrons. The Kier molecular flexibility index (Phi) is 3.39. The van der Waals surface area contributed by atoms with E-state index < -0.39 is 0 Å². The molecule has 2 N–H and O–H groups in total. The van der Waals surface area contributed by atoms with Gasteiger partial charge in [-0.1, -0.05) is 0 Å². The molecule has 0 saturated carbocycles. The zero-order valence-electron chi connectivity index (χ0n) is 10.2. The fourth-order valence-electron chi connectivity index (χ4n) is 2.26. The molecule has 2 rings (SSSR count). The number of rotatable bonds is 2. The van der Waals surface area contributed by atoms with E-state index in [0.717, 1.165) is 36.7 Å². The van der Waals surface area contributed by atoms with Gasteiger partial charge in [-0.25, -0.2) is 9.97 Å². The van der Waals surface area contributed by atoms with Gasteiger partial charge in [0.05, 0.1) is 0 Å². The molecule has 0 bridgehead atoms. The van der Waals surface area contributed by atoms with E-state index in [-0.39, 0.29) is 0 Å². The van der Waals surface area contributed by atoms with Gasteiger partial charge in [-0.2, -0.15) is 0 Å². The van der Waals surface area contributed by atoms with Gasteiger partial charge in [-0.15, -0.1) is 0 Å². The molecule has 0 aromatic carbocycles. The second-order valence-electron chi connectivity index (χ2n) is 4.66. The third-order valence-corrected chi connectivity index (χ3v) is 2.94. The topological polar surface area (TPSA) is 49.8 Å². The molecule has 0 amide bonds. The van der Waals surface area contributed by atoms with Crippen LogP contribution in [-0.2, 0) is 0 Å². The maximum Gasteiger partial charge on any atom is 0.130 e. The number of aryl methyl sites for hydroxylation is 2. The van der Waals surface area contributed by atoms with Crippen molar-refractivity contribution >= 4 is 5.82 Å². The standard InChI is InChI=1S/C12H20N4/c1-8-6-11(4-5-13-8)16-12-7-9(2)14-10(3)15-12/h7-8,11,13H,4-6H2,1-3H3,(H,14,15,16). The molecule has 4 heteroatoms. The summed E-state index contributed by atoms with van der Waals surface area (Å²) in [6.45, 7) is 7.25. The second kappa shape index (κ2) is 4.78. The Hall–Kier alpha value is -1.16. The van der Waals surface area contributed by atoms with E-state index >= 15 is 0 Å². The average molecular weight is 220 g/mol. The number of nitrogens with one attached hydrogen (secondary N) is 2. The molecule has 1 aromatic rings. The molecule has 16 heavy (non-hydrogen) atoms. The highest BCUT2D eigenvalue weighted by molar-refractivity contribution is 5.37. The van der Waals surface area contributed by atoms with Crippen molar-refractivity contribution in [1.82, 2.24) is 15.3 Å². The van der Waals surface area contributed by atoms with Crippen molar-refractivity contribution in [2.45, 2.75) is 45.7 Å². The summed E-state index contributed by atoms with van der Waals surface area (Å²) in [6.07, 6.45) is 2.31. The second-order valence-corrected chi connectivity index (χ2v) is 4.66. The predicted molar refractivity (Wildman–Crippen MR) is 65.6 cm³/mol. The van der Waals surface area contributed by atoms with Crippen molar-refractivity contribution in [3.8, 4) is 0 Å². The Morgan fingerprint density at radius 3 is 2.88 bits per heavy atom. The van der Waals surface area contributed by atoms with E-state index in [0.29, 0.717) is 12.1 Å². The van der Waals surface area contributed by atoms with Crippen molar-refractivity contribution in [2.75, 3.05) is 11.9 Å². The van der Waals surface area contributed by atoms with Gasteiger partial charge < -0.3 is 10.6 Å². The van der Waals surface area contributed by atoms with Crippen molar-refractivity contribution < 1.29 is 0 Å². The lowest BCUT2D eigenvalue weighted by atomic mass is 10.0. The highest BCUT2D eigenvalue weighted by Gasteiger charge is 2.18. The lowest BCUT2D eigenvalue weighted by molar-refractivity contribution is 0.395. The quantitative estimate of drug-likeness (QED) is 0.795. The maximum absolute atomic E-state index is 4.41. The fourth-order valence-corrected chi connectivity index (χ4v) is 2.26. The van der Waals surface area contributed by atoms with Crippen LogP contribution in [0.3, 0.4) is 0 Å². The Labute approximate surface area is 96.9 Å². The first-order valence-corrected chi connectivity index (χ1v) is 5.95. The van der Waals surface area contributed by atoms with E-state index in [2.05, 4.69) is 27.5 Å². The Morgan fingerprint density at radius 1 is 1.38 bits per heavy atom. The number of nitrogens with zero attached hydrogens (tertiary/aromatic N) is 2. The Balaban J connectivity index is 2.02. The van der Waals surface area contributed by atoms with Crippen LogP contribution in [0.15, 0.2) is 6.07 Å². The molecule has 2 unspecified atom stereocenters. The van der Waals surface area contributed by atoms with Crippen LogP contribution >= 0.6 is 0 Å². The van der Waals surface area contributed by atoms with E-state index in [9.17, 15) is 0 Å². The number of anilines is 1. The zero-order chi connectivity index (χ0) is 11.5. The minimum absolute atomic E-state index is 0.532. The fraction of sp³-hybridized carbons (Fsp3) is 0.667. The molecule has 1 saturated heterocycles. The molecule has 1 fully saturated rings. The normalized spacial score (nSPS) is 25.4. The van der Waals surface area contributed by atoms with E-state index in [1.807, 2.05) is 19.9 Å². The lowest BCUT2D eigenvalue weighted by Gasteiger charge is -2.29. The monoisotopic (exact) mass is 220 g/mol. The van der Waals surface area contributed by atoms with Gasteiger partial charge in [-0.05, 0) is 40.2 Å². The Morgan fingerprint density at radius 2 is 2.19 bits per heavy atom. The summed E-state index contributed by atoms with van der Waals surface area (Å²) < 4.78 is 0. The first-order chi connectivity index (χ1) is 7.63. The molecule has 1 aliphatic rings. The van der Waals surface area contributed by atoms with Crippen molar-refractivity contribution in [2.24, 2.45) is 0 Å². The largest absolute Gasteiger partial charge is 0.367 e. The molecular formula is C12H20N4. The van der Waals surface area contributed by atoms with E-state index in [1.54, 1.807) is 0 Å². The number of piperidine rings is 1. The summed E-state index contributed by atoms with van der Waals surface area (Å²) in [7, 11) is 0. The van der Waals surface area contributed by atoms with Gasteiger partial charge in [0.25, 0.3) is 0 Å². The van der Waals surface area contributed by atoms with Gasteiger partial charge in [-0.3, -0.25) is 0 Å². The summed E-state index contributed by atoms with van der Waals surface area (Å²) in [5, 5.41) is 6.95. The van der Waals surface area contributed by atoms with Gasteiger partial charge in [0.15, 0.2) is 0 Å². The zero-order valence-corrected chi connectivity index (χ0v) is 10.2.